The van der Waals surface area contributed by atoms with E-state index in [0.29, 0.717) is 24.1 Å². The Bertz CT molecular complexity index is 644. The number of anilines is 1. The first-order valence-corrected chi connectivity index (χ1v) is 8.87. The van der Waals surface area contributed by atoms with Crippen molar-refractivity contribution in [3.05, 3.63) is 29.8 Å². The quantitative estimate of drug-likeness (QED) is 0.738. The molecule has 1 aliphatic rings. The lowest BCUT2D eigenvalue weighted by Gasteiger charge is -2.27. The third kappa shape index (κ3) is 5.05. The minimum absolute atomic E-state index is 0.0734. The average molecular weight is 346 g/mol. The number of amides is 2. The molecule has 1 saturated carbocycles. The van der Waals surface area contributed by atoms with Crippen LogP contribution in [0.15, 0.2) is 24.3 Å². The number of rotatable bonds is 6. The first kappa shape index (κ1) is 19.0. The van der Waals surface area contributed by atoms with E-state index in [1.54, 1.807) is 24.3 Å². The summed E-state index contributed by atoms with van der Waals surface area (Å²) in [5.41, 5.74) is 0.980. The molecule has 1 aliphatic carbocycles. The highest BCUT2D eigenvalue weighted by Gasteiger charge is 2.35. The van der Waals surface area contributed by atoms with Gasteiger partial charge in [0, 0.05) is 17.3 Å². The van der Waals surface area contributed by atoms with Gasteiger partial charge in [0.2, 0.25) is 5.91 Å². The van der Waals surface area contributed by atoms with Crippen molar-refractivity contribution in [3.63, 3.8) is 0 Å². The lowest BCUT2D eigenvalue weighted by Crippen LogP contribution is -2.36. The lowest BCUT2D eigenvalue weighted by molar-refractivity contribution is -0.147. The van der Waals surface area contributed by atoms with E-state index in [1.807, 2.05) is 13.8 Å². The van der Waals surface area contributed by atoms with E-state index < -0.39 is 17.8 Å². The van der Waals surface area contributed by atoms with Crippen LogP contribution in [0.4, 0.5) is 5.69 Å². The maximum Gasteiger partial charge on any atom is 0.307 e. The lowest BCUT2D eigenvalue weighted by atomic mass is 9.78. The molecule has 0 saturated heterocycles. The molecule has 136 valence electrons. The van der Waals surface area contributed by atoms with Gasteiger partial charge in [0.25, 0.3) is 5.91 Å². The van der Waals surface area contributed by atoms with Crippen LogP contribution < -0.4 is 10.6 Å². The van der Waals surface area contributed by atoms with Crippen molar-refractivity contribution in [2.24, 2.45) is 11.8 Å². The van der Waals surface area contributed by atoms with Crippen LogP contribution in [0.25, 0.3) is 0 Å². The number of carboxylic acids is 1. The Morgan fingerprint density at radius 3 is 2.52 bits per heavy atom. The minimum atomic E-state index is -0.915. The summed E-state index contributed by atoms with van der Waals surface area (Å²) in [6.45, 7) is 3.92. The number of hydrogen-bond acceptors (Lipinski definition) is 3. The monoisotopic (exact) mass is 346 g/mol. The van der Waals surface area contributed by atoms with E-state index in [4.69, 9.17) is 0 Å². The van der Waals surface area contributed by atoms with Gasteiger partial charge in [-0.1, -0.05) is 25.8 Å². The van der Waals surface area contributed by atoms with Gasteiger partial charge in [-0.2, -0.15) is 0 Å². The van der Waals surface area contributed by atoms with E-state index in [9.17, 15) is 19.5 Å². The fourth-order valence-corrected chi connectivity index (χ4v) is 3.12. The smallest absolute Gasteiger partial charge is 0.307 e. The largest absolute Gasteiger partial charge is 0.481 e. The SMILES string of the molecule is CC[C@H](C)NC(=O)c1cccc(NC(=O)[C@H]2CCCC[C@@H]2C(=O)O)c1. The van der Waals surface area contributed by atoms with Crippen LogP contribution in [0.2, 0.25) is 0 Å². The van der Waals surface area contributed by atoms with E-state index >= 15 is 0 Å². The maximum atomic E-state index is 12.5. The molecule has 6 nitrogen and oxygen atoms in total. The number of benzene rings is 1. The van der Waals surface area contributed by atoms with Gasteiger partial charge in [-0.3, -0.25) is 14.4 Å². The summed E-state index contributed by atoms with van der Waals surface area (Å²) >= 11 is 0. The Kier molecular flexibility index (Phi) is 6.56. The molecular formula is C19H26N2O4. The summed E-state index contributed by atoms with van der Waals surface area (Å²) < 4.78 is 0. The average Bonchev–Trinajstić information content (AvgIpc) is 2.61. The zero-order chi connectivity index (χ0) is 18.4. The second-order valence-corrected chi connectivity index (χ2v) is 6.69. The van der Waals surface area contributed by atoms with Crippen LogP contribution in [0, 0.1) is 11.8 Å². The van der Waals surface area contributed by atoms with Crippen molar-refractivity contribution < 1.29 is 19.5 Å². The number of nitrogens with one attached hydrogen (secondary N) is 2. The summed E-state index contributed by atoms with van der Waals surface area (Å²) in [5.74, 6) is -2.55. The molecule has 0 unspecified atom stereocenters. The number of carbonyl (C=O) groups excluding carboxylic acids is 2. The Balaban J connectivity index is 2.07. The Hall–Kier alpha value is -2.37. The van der Waals surface area contributed by atoms with Crippen molar-refractivity contribution in [2.75, 3.05) is 5.32 Å². The van der Waals surface area contributed by atoms with Crippen molar-refractivity contribution >= 4 is 23.5 Å². The van der Waals surface area contributed by atoms with E-state index in [2.05, 4.69) is 10.6 Å². The van der Waals surface area contributed by atoms with Crippen molar-refractivity contribution in [1.29, 1.82) is 0 Å². The molecule has 0 bridgehead atoms. The molecule has 2 rings (SSSR count). The summed E-state index contributed by atoms with van der Waals surface area (Å²) in [6.07, 6.45) is 3.65. The van der Waals surface area contributed by atoms with E-state index in [0.717, 1.165) is 19.3 Å². The fourth-order valence-electron chi connectivity index (χ4n) is 3.12. The topological polar surface area (TPSA) is 95.5 Å². The highest BCUT2D eigenvalue weighted by Crippen LogP contribution is 2.31. The zero-order valence-electron chi connectivity index (χ0n) is 14.7. The molecule has 0 aliphatic heterocycles. The number of carbonyl (C=O) groups is 3. The van der Waals surface area contributed by atoms with Gasteiger partial charge in [-0.05, 0) is 44.4 Å². The van der Waals surface area contributed by atoms with Crippen molar-refractivity contribution in [1.82, 2.24) is 5.32 Å². The maximum absolute atomic E-state index is 12.5. The third-order valence-electron chi connectivity index (χ3n) is 4.80. The summed E-state index contributed by atoms with van der Waals surface area (Å²) in [5, 5.41) is 15.0. The van der Waals surface area contributed by atoms with Gasteiger partial charge in [0.15, 0.2) is 0 Å². The summed E-state index contributed by atoms with van der Waals surface area (Å²) in [7, 11) is 0. The third-order valence-corrected chi connectivity index (χ3v) is 4.80. The van der Waals surface area contributed by atoms with Crippen LogP contribution in [0.3, 0.4) is 0 Å². The van der Waals surface area contributed by atoms with Gasteiger partial charge in [0.05, 0.1) is 11.8 Å². The molecular weight excluding hydrogens is 320 g/mol. The molecule has 0 spiro atoms. The van der Waals surface area contributed by atoms with Crippen molar-refractivity contribution in [2.45, 2.75) is 52.0 Å². The predicted octanol–water partition coefficient (Wildman–Crippen LogP) is 3.04. The second-order valence-electron chi connectivity index (χ2n) is 6.69. The molecule has 1 aromatic carbocycles. The second kappa shape index (κ2) is 8.65. The van der Waals surface area contributed by atoms with Crippen LogP contribution in [0.1, 0.15) is 56.3 Å². The van der Waals surface area contributed by atoms with E-state index in [-0.39, 0.29) is 17.9 Å². The van der Waals surface area contributed by atoms with Gasteiger partial charge >= 0.3 is 5.97 Å². The van der Waals surface area contributed by atoms with Crippen LogP contribution in [0.5, 0.6) is 0 Å². The Labute approximate surface area is 148 Å². The first-order valence-electron chi connectivity index (χ1n) is 8.87. The highest BCUT2D eigenvalue weighted by atomic mass is 16.4. The molecule has 3 N–H and O–H groups in total. The summed E-state index contributed by atoms with van der Waals surface area (Å²) in [6, 6.07) is 6.79. The Morgan fingerprint density at radius 1 is 1.20 bits per heavy atom. The molecule has 0 aromatic heterocycles. The molecule has 1 fully saturated rings. The van der Waals surface area contributed by atoms with Crippen molar-refractivity contribution in [3.8, 4) is 0 Å². The number of aliphatic carboxylic acids is 1. The molecule has 25 heavy (non-hydrogen) atoms. The van der Waals surface area contributed by atoms with Gasteiger partial charge in [-0.25, -0.2) is 0 Å². The molecule has 0 radical (unpaired) electrons. The number of carboxylic acid groups (broad SMARTS) is 1. The fraction of sp³-hybridized carbons (Fsp3) is 0.526. The van der Waals surface area contributed by atoms with Gasteiger partial charge < -0.3 is 15.7 Å². The normalized spacial score (nSPS) is 21.2. The molecule has 0 heterocycles. The molecule has 1 aromatic rings. The molecule has 6 heteroatoms. The first-order chi connectivity index (χ1) is 11.9. The molecule has 3 atom stereocenters. The standard InChI is InChI=1S/C19H26N2O4/c1-3-12(2)20-17(22)13-7-6-8-14(11-13)21-18(23)15-9-4-5-10-16(15)19(24)25/h6-8,11-12,15-16H,3-5,9-10H2,1-2H3,(H,20,22)(H,21,23)(H,24,25)/t12-,15-,16-/m0/s1. The Morgan fingerprint density at radius 2 is 1.88 bits per heavy atom. The number of hydrogen-bond donors (Lipinski definition) is 3. The van der Waals surface area contributed by atoms with Crippen LogP contribution in [-0.2, 0) is 9.59 Å². The summed E-state index contributed by atoms with van der Waals surface area (Å²) in [4.78, 5) is 36.1. The van der Waals surface area contributed by atoms with E-state index in [1.165, 1.54) is 0 Å². The highest BCUT2D eigenvalue weighted by molar-refractivity contribution is 5.98. The minimum Gasteiger partial charge on any atom is -0.481 e. The molecule has 2 amide bonds. The van der Waals surface area contributed by atoms with Crippen LogP contribution >= 0.6 is 0 Å². The zero-order valence-corrected chi connectivity index (χ0v) is 14.7. The van der Waals surface area contributed by atoms with Crippen LogP contribution in [-0.4, -0.2) is 28.9 Å². The van der Waals surface area contributed by atoms with Gasteiger partial charge in [0.1, 0.15) is 0 Å². The van der Waals surface area contributed by atoms with Gasteiger partial charge in [-0.15, -0.1) is 0 Å². The predicted molar refractivity (Wildman–Crippen MR) is 95.4 cm³/mol.